The van der Waals surface area contributed by atoms with E-state index in [1.54, 1.807) is 30.3 Å². The number of epoxide rings is 1. The molecule has 2 aliphatic rings. The van der Waals surface area contributed by atoms with E-state index in [1.165, 1.54) is 14.2 Å². The number of unbranched alkanes of at least 4 members (excludes halogenated alkanes) is 4. The molecule has 0 radical (unpaired) electrons. The first-order chi connectivity index (χ1) is 17.4. The van der Waals surface area contributed by atoms with Crippen LogP contribution < -0.4 is 10.1 Å². The van der Waals surface area contributed by atoms with Gasteiger partial charge in [-0.25, -0.2) is 0 Å². The van der Waals surface area contributed by atoms with Gasteiger partial charge in [0.2, 0.25) is 5.79 Å². The Morgan fingerprint density at radius 3 is 2.22 bits per heavy atom. The molecule has 0 spiro atoms. The highest BCUT2D eigenvalue weighted by Gasteiger charge is 2.65. The molecule has 1 heterocycles. The Kier molecular flexibility index (Phi) is 10.0. The first kappa shape index (κ1) is 27.8. The van der Waals surface area contributed by atoms with Crippen molar-refractivity contribution in [3.8, 4) is 5.75 Å². The number of ether oxygens (including phenoxy) is 5. The van der Waals surface area contributed by atoms with Crippen molar-refractivity contribution in [3.05, 3.63) is 41.6 Å². The summed E-state index contributed by atoms with van der Waals surface area (Å²) < 4.78 is 28.2. The summed E-state index contributed by atoms with van der Waals surface area (Å²) in [6.45, 7) is 4.12. The predicted octanol–water partition coefficient (Wildman–Crippen LogP) is 4.05. The number of carbonyl (C=O) groups is 3. The van der Waals surface area contributed by atoms with Crippen LogP contribution in [0.2, 0.25) is 0 Å². The van der Waals surface area contributed by atoms with Gasteiger partial charge in [0.15, 0.2) is 6.10 Å². The van der Waals surface area contributed by atoms with Crippen molar-refractivity contribution in [1.29, 1.82) is 0 Å². The topological polar surface area (TPSA) is 113 Å². The first-order valence-electron chi connectivity index (χ1n) is 12.7. The van der Waals surface area contributed by atoms with Crippen molar-refractivity contribution in [2.75, 3.05) is 14.2 Å². The number of hydrogen-bond donors (Lipinski definition) is 1. The Balaban J connectivity index is 1.77. The summed E-state index contributed by atoms with van der Waals surface area (Å²) in [5.74, 6) is -2.46. The lowest BCUT2D eigenvalue weighted by atomic mass is 9.95. The van der Waals surface area contributed by atoms with Crippen molar-refractivity contribution < 1.29 is 38.1 Å². The molecule has 1 aromatic rings. The number of nitrogens with one attached hydrogen (secondary N) is 1. The molecule has 3 rings (SSSR count). The van der Waals surface area contributed by atoms with Crippen LogP contribution in [-0.2, 0) is 28.5 Å². The van der Waals surface area contributed by atoms with E-state index >= 15 is 0 Å². The summed E-state index contributed by atoms with van der Waals surface area (Å²) in [5, 5.41) is 2.82. The highest BCUT2D eigenvalue weighted by Crippen LogP contribution is 2.46. The van der Waals surface area contributed by atoms with E-state index in [9.17, 15) is 14.4 Å². The fourth-order valence-corrected chi connectivity index (χ4v) is 4.33. The molecular formula is C27H37NO8. The molecule has 0 saturated carbocycles. The Morgan fingerprint density at radius 2 is 1.58 bits per heavy atom. The zero-order valence-corrected chi connectivity index (χ0v) is 21.5. The van der Waals surface area contributed by atoms with Gasteiger partial charge in [0.05, 0.1) is 11.3 Å². The highest BCUT2D eigenvalue weighted by atomic mass is 16.7. The molecule has 1 saturated heterocycles. The van der Waals surface area contributed by atoms with Gasteiger partial charge in [-0.1, -0.05) is 51.7 Å². The molecule has 0 unspecified atom stereocenters. The minimum atomic E-state index is -1.38. The Bertz CT molecular complexity index is 955. The average molecular weight is 504 g/mol. The lowest BCUT2D eigenvalue weighted by Gasteiger charge is -2.35. The van der Waals surface area contributed by atoms with Crippen LogP contribution in [0.1, 0.15) is 75.6 Å². The van der Waals surface area contributed by atoms with Gasteiger partial charge in [0.1, 0.15) is 18.0 Å². The molecule has 1 fully saturated rings. The minimum Gasteiger partial charge on any atom is -0.455 e. The number of amides is 1. The largest absolute Gasteiger partial charge is 0.455 e. The molecule has 1 aliphatic carbocycles. The van der Waals surface area contributed by atoms with E-state index in [2.05, 4.69) is 19.2 Å². The van der Waals surface area contributed by atoms with Crippen LogP contribution in [0.25, 0.3) is 0 Å². The van der Waals surface area contributed by atoms with Crippen LogP contribution in [0.3, 0.4) is 0 Å². The number of methoxy groups -OCH3 is 2. The Hall–Kier alpha value is -2.75. The normalized spacial score (nSPS) is 21.7. The van der Waals surface area contributed by atoms with Gasteiger partial charge in [-0.05, 0) is 31.1 Å². The molecule has 0 bridgehead atoms. The number of rotatable bonds is 14. The molecule has 1 aliphatic heterocycles. The smallest absolute Gasteiger partial charge is 0.311 e. The van der Waals surface area contributed by atoms with E-state index in [0.29, 0.717) is 6.42 Å². The summed E-state index contributed by atoms with van der Waals surface area (Å²) >= 11 is 0. The second-order valence-electron chi connectivity index (χ2n) is 8.97. The van der Waals surface area contributed by atoms with Crippen molar-refractivity contribution in [2.24, 2.45) is 0 Å². The van der Waals surface area contributed by atoms with Crippen LogP contribution in [0.15, 0.2) is 36.0 Å². The van der Waals surface area contributed by atoms with Crippen molar-refractivity contribution >= 4 is 17.8 Å². The van der Waals surface area contributed by atoms with Crippen LogP contribution in [0, 0.1) is 0 Å². The molecule has 1 aromatic carbocycles. The summed E-state index contributed by atoms with van der Waals surface area (Å²) in [6.07, 6.45) is 5.83. The standard InChI is InChI=1S/C27H37NO8/c1-5-7-9-15-22(29)34-19-14-12-11-13-18(19)26(31)28-21-17-20(35-23(30)16-10-8-6-2)24-25(36-24)27(21,32-3)33-4/h11-14,17,20,24-25H,5-10,15-16H2,1-4H3,(H,28,31)/t20-,24-,25-/m0/s1. The molecule has 9 nitrogen and oxygen atoms in total. The Labute approximate surface area is 212 Å². The number of carbonyl (C=O) groups excluding carboxylic acids is 3. The second kappa shape index (κ2) is 13.0. The number of benzene rings is 1. The van der Waals surface area contributed by atoms with Gasteiger partial charge in [0.25, 0.3) is 5.91 Å². The second-order valence-corrected chi connectivity index (χ2v) is 8.97. The van der Waals surface area contributed by atoms with Crippen LogP contribution in [0.5, 0.6) is 5.75 Å². The summed E-state index contributed by atoms with van der Waals surface area (Å²) in [6, 6.07) is 6.51. The summed E-state index contributed by atoms with van der Waals surface area (Å²) in [7, 11) is 2.90. The van der Waals surface area contributed by atoms with Crippen molar-refractivity contribution in [1.82, 2.24) is 5.32 Å². The quantitative estimate of drug-likeness (QED) is 0.133. The monoisotopic (exact) mass is 503 g/mol. The van der Waals surface area contributed by atoms with Gasteiger partial charge in [0, 0.05) is 27.1 Å². The lowest BCUT2D eigenvalue weighted by Crippen LogP contribution is -2.52. The molecule has 36 heavy (non-hydrogen) atoms. The molecule has 3 atom stereocenters. The van der Waals surface area contributed by atoms with Gasteiger partial charge in [-0.15, -0.1) is 0 Å². The number of para-hydroxylation sites is 1. The van der Waals surface area contributed by atoms with Crippen LogP contribution in [0.4, 0.5) is 0 Å². The zero-order chi connectivity index (χ0) is 26.1. The first-order valence-corrected chi connectivity index (χ1v) is 12.7. The number of fused-ring (bicyclic) bond motifs is 1. The predicted molar refractivity (Wildman–Crippen MR) is 131 cm³/mol. The third-order valence-electron chi connectivity index (χ3n) is 6.38. The van der Waals surface area contributed by atoms with Gasteiger partial charge >= 0.3 is 11.9 Å². The van der Waals surface area contributed by atoms with E-state index < -0.39 is 36.0 Å². The average Bonchev–Trinajstić information content (AvgIpc) is 3.67. The van der Waals surface area contributed by atoms with Crippen LogP contribution >= 0.6 is 0 Å². The number of esters is 2. The zero-order valence-electron chi connectivity index (χ0n) is 21.5. The molecule has 9 heteroatoms. The van der Waals surface area contributed by atoms with Crippen molar-refractivity contribution in [3.63, 3.8) is 0 Å². The minimum absolute atomic E-state index is 0.160. The maximum atomic E-state index is 13.3. The number of hydrogen-bond acceptors (Lipinski definition) is 8. The molecule has 1 amide bonds. The van der Waals surface area contributed by atoms with Crippen molar-refractivity contribution in [2.45, 2.75) is 89.3 Å². The third-order valence-corrected chi connectivity index (χ3v) is 6.38. The van der Waals surface area contributed by atoms with E-state index in [4.69, 9.17) is 23.7 Å². The maximum absolute atomic E-state index is 13.3. The van der Waals surface area contributed by atoms with E-state index in [1.807, 2.05) is 0 Å². The molecule has 198 valence electrons. The summed E-state index contributed by atoms with van der Waals surface area (Å²) in [4.78, 5) is 37.9. The van der Waals surface area contributed by atoms with Gasteiger partial charge in [-0.2, -0.15) is 0 Å². The van der Waals surface area contributed by atoms with Gasteiger partial charge in [-0.3, -0.25) is 14.4 Å². The lowest BCUT2D eigenvalue weighted by molar-refractivity contribution is -0.196. The highest BCUT2D eigenvalue weighted by molar-refractivity contribution is 5.98. The van der Waals surface area contributed by atoms with E-state index in [-0.39, 0.29) is 29.4 Å². The summed E-state index contributed by atoms with van der Waals surface area (Å²) in [5.41, 5.74) is 0.432. The Morgan fingerprint density at radius 1 is 0.944 bits per heavy atom. The van der Waals surface area contributed by atoms with Gasteiger partial charge < -0.3 is 29.0 Å². The SMILES string of the molecule is CCCCCC(=O)Oc1ccccc1C(=O)NC1=C[C@H](OC(=O)CCCCC)[C@@H]2O[C@@H]2C1(OC)OC. The maximum Gasteiger partial charge on any atom is 0.311 e. The molecule has 0 aromatic heterocycles. The third kappa shape index (κ3) is 6.52. The van der Waals surface area contributed by atoms with E-state index in [0.717, 1.165) is 38.5 Å². The fraction of sp³-hybridized carbons (Fsp3) is 0.593. The molecular weight excluding hydrogens is 466 g/mol. The molecule has 1 N–H and O–H groups in total. The fourth-order valence-electron chi connectivity index (χ4n) is 4.33. The van der Waals surface area contributed by atoms with Crippen LogP contribution in [-0.4, -0.2) is 56.2 Å².